The van der Waals surface area contributed by atoms with E-state index in [2.05, 4.69) is 33.8 Å². The van der Waals surface area contributed by atoms with Crippen LogP contribution in [0.1, 0.15) is 84.5 Å². The van der Waals surface area contributed by atoms with Crippen molar-refractivity contribution < 1.29 is 26.5 Å². The Labute approximate surface area is 163 Å². The van der Waals surface area contributed by atoms with Crippen molar-refractivity contribution >= 4 is 7.26 Å². The summed E-state index contributed by atoms with van der Waals surface area (Å²) in [4.78, 5) is 0. The minimum atomic E-state index is -0.550. The third-order valence-corrected chi connectivity index (χ3v) is 5.78. The Morgan fingerprint density at radius 3 is 1.58 bits per heavy atom. The highest BCUT2D eigenvalue weighted by Crippen LogP contribution is 2.47. The van der Waals surface area contributed by atoms with Crippen LogP contribution in [0.25, 0.3) is 0 Å². The van der Waals surface area contributed by atoms with Crippen LogP contribution in [0.5, 0.6) is 0 Å². The zero-order valence-corrected chi connectivity index (χ0v) is 19.6. The molecule has 0 fully saturated rings. The van der Waals surface area contributed by atoms with Crippen molar-refractivity contribution in [1.29, 1.82) is 0 Å². The molecular formula is C20H44BrO2P. The molecule has 0 amide bonds. The van der Waals surface area contributed by atoms with Crippen LogP contribution in [0.15, 0.2) is 0 Å². The van der Waals surface area contributed by atoms with E-state index in [0.717, 1.165) is 32.5 Å². The quantitative estimate of drug-likeness (QED) is 0.201. The molecule has 0 saturated carbocycles. The molecule has 0 aliphatic carbocycles. The predicted molar refractivity (Wildman–Crippen MR) is 107 cm³/mol. The zero-order chi connectivity index (χ0) is 17.4. The molecule has 0 rings (SSSR count). The zero-order valence-electron chi connectivity index (χ0n) is 17.1. The molecule has 0 radical (unpaired) electrons. The molecule has 24 heavy (non-hydrogen) atoms. The lowest BCUT2D eigenvalue weighted by molar-refractivity contribution is -0.147. The second-order valence-electron chi connectivity index (χ2n) is 7.80. The number of unbranched alkanes of at least 4 members (excludes halogenated alkanes) is 7. The van der Waals surface area contributed by atoms with E-state index >= 15 is 0 Å². The van der Waals surface area contributed by atoms with Crippen molar-refractivity contribution in [3.8, 4) is 0 Å². The first-order chi connectivity index (χ1) is 11.0. The van der Waals surface area contributed by atoms with Gasteiger partial charge < -0.3 is 26.5 Å². The molecule has 0 atom stereocenters. The Kier molecular flexibility index (Phi) is 21.0. The maximum absolute atomic E-state index is 5.89. The third-order valence-electron chi connectivity index (χ3n) is 4.12. The Bertz CT molecular complexity index is 234. The van der Waals surface area contributed by atoms with Crippen LogP contribution in [0.4, 0.5) is 0 Å². The van der Waals surface area contributed by atoms with E-state index < -0.39 is 7.26 Å². The number of hydrogen-bond acceptors (Lipinski definition) is 2. The van der Waals surface area contributed by atoms with Crippen LogP contribution in [-0.4, -0.2) is 45.7 Å². The van der Waals surface area contributed by atoms with Gasteiger partial charge in [-0.25, -0.2) is 0 Å². The summed E-state index contributed by atoms with van der Waals surface area (Å²) in [5.41, 5.74) is 0. The molecule has 0 saturated heterocycles. The van der Waals surface area contributed by atoms with Crippen molar-refractivity contribution in [2.24, 2.45) is 0 Å². The summed E-state index contributed by atoms with van der Waals surface area (Å²) < 4.78 is 11.8. The molecule has 0 aromatic carbocycles. The lowest BCUT2D eigenvalue weighted by Crippen LogP contribution is -3.00. The van der Waals surface area contributed by atoms with E-state index in [1.807, 2.05) is 0 Å². The van der Waals surface area contributed by atoms with E-state index in [1.165, 1.54) is 57.5 Å². The number of halogens is 1. The van der Waals surface area contributed by atoms with Crippen molar-refractivity contribution in [1.82, 2.24) is 0 Å². The molecule has 0 aromatic rings. The van der Waals surface area contributed by atoms with Gasteiger partial charge in [0.15, 0.2) is 6.29 Å². The van der Waals surface area contributed by atoms with Gasteiger partial charge in [0.2, 0.25) is 0 Å². The van der Waals surface area contributed by atoms with Gasteiger partial charge in [-0.3, -0.25) is 0 Å². The lowest BCUT2D eigenvalue weighted by Gasteiger charge is -2.18. The van der Waals surface area contributed by atoms with E-state index in [4.69, 9.17) is 9.47 Å². The van der Waals surface area contributed by atoms with Crippen molar-refractivity contribution in [3.63, 3.8) is 0 Å². The SMILES string of the molecule is CCCCOC(CCCCCCCC[P+](C)(C)C)OCCCC.[Br-]. The number of ether oxygens (including phenoxy) is 2. The second kappa shape index (κ2) is 18.6. The van der Waals surface area contributed by atoms with Gasteiger partial charge in [-0.05, 0) is 38.5 Å². The van der Waals surface area contributed by atoms with Crippen molar-refractivity contribution in [2.45, 2.75) is 90.8 Å². The molecule has 0 bridgehead atoms. The van der Waals surface area contributed by atoms with Gasteiger partial charge in [-0.1, -0.05) is 46.0 Å². The standard InChI is InChI=1S/C20H44O2P.BrH/c1-6-8-17-21-20(22-18-9-7-2)16-14-12-10-11-13-15-19-23(3,4)5;/h20H,6-19H2,1-5H3;1H/q+1;/p-1. The first-order valence-electron chi connectivity index (χ1n) is 10.0. The molecule has 0 heterocycles. The summed E-state index contributed by atoms with van der Waals surface area (Å²) in [6, 6.07) is 0. The average Bonchev–Trinajstić information content (AvgIpc) is 2.48. The first-order valence-corrected chi connectivity index (χ1v) is 13.3. The second-order valence-corrected chi connectivity index (χ2v) is 12.8. The molecule has 0 aliphatic rings. The van der Waals surface area contributed by atoms with Gasteiger partial charge >= 0.3 is 0 Å². The normalized spacial score (nSPS) is 11.8. The van der Waals surface area contributed by atoms with Gasteiger partial charge in [-0.2, -0.15) is 0 Å². The maximum Gasteiger partial charge on any atom is 0.157 e. The highest BCUT2D eigenvalue weighted by Gasteiger charge is 2.15. The fourth-order valence-electron chi connectivity index (χ4n) is 2.54. The monoisotopic (exact) mass is 426 g/mol. The van der Waals surface area contributed by atoms with Gasteiger partial charge in [0, 0.05) is 40.5 Å². The summed E-state index contributed by atoms with van der Waals surface area (Å²) in [6.45, 7) is 13.5. The average molecular weight is 427 g/mol. The Hall–Kier alpha value is 0.830. The van der Waals surface area contributed by atoms with Crippen LogP contribution in [-0.2, 0) is 9.47 Å². The topological polar surface area (TPSA) is 18.5 Å². The van der Waals surface area contributed by atoms with Crippen LogP contribution in [0.3, 0.4) is 0 Å². The summed E-state index contributed by atoms with van der Waals surface area (Å²) in [7, 11) is -0.550. The minimum absolute atomic E-state index is 0. The fourth-order valence-corrected chi connectivity index (χ4v) is 3.71. The highest BCUT2D eigenvalue weighted by atomic mass is 79.9. The van der Waals surface area contributed by atoms with Crippen LogP contribution >= 0.6 is 7.26 Å². The molecule has 0 N–H and O–H groups in total. The largest absolute Gasteiger partial charge is 1.00 e. The molecular weight excluding hydrogens is 383 g/mol. The van der Waals surface area contributed by atoms with E-state index in [9.17, 15) is 0 Å². The Balaban J connectivity index is 0. The van der Waals surface area contributed by atoms with Crippen molar-refractivity contribution in [2.75, 3.05) is 39.4 Å². The van der Waals surface area contributed by atoms with Gasteiger partial charge in [-0.15, -0.1) is 0 Å². The van der Waals surface area contributed by atoms with Crippen LogP contribution in [0, 0.1) is 0 Å². The fraction of sp³-hybridized carbons (Fsp3) is 1.00. The summed E-state index contributed by atoms with van der Waals surface area (Å²) in [5.74, 6) is 0. The minimum Gasteiger partial charge on any atom is -1.00 e. The summed E-state index contributed by atoms with van der Waals surface area (Å²) >= 11 is 0. The van der Waals surface area contributed by atoms with Gasteiger partial charge in [0.1, 0.15) is 0 Å². The first kappa shape index (κ1) is 27.1. The smallest absolute Gasteiger partial charge is 0.157 e. The van der Waals surface area contributed by atoms with Gasteiger partial charge in [0.05, 0.1) is 6.16 Å². The maximum atomic E-state index is 5.89. The number of hydrogen-bond donors (Lipinski definition) is 0. The Morgan fingerprint density at radius 1 is 0.667 bits per heavy atom. The molecule has 4 heteroatoms. The third kappa shape index (κ3) is 20.9. The predicted octanol–water partition coefficient (Wildman–Crippen LogP) is 3.59. The molecule has 2 nitrogen and oxygen atoms in total. The van der Waals surface area contributed by atoms with Crippen LogP contribution in [0.2, 0.25) is 0 Å². The molecule has 148 valence electrons. The van der Waals surface area contributed by atoms with Crippen LogP contribution < -0.4 is 17.0 Å². The number of rotatable bonds is 17. The highest BCUT2D eigenvalue weighted by molar-refractivity contribution is 7.73. The molecule has 0 aliphatic heterocycles. The summed E-state index contributed by atoms with van der Waals surface area (Å²) in [5, 5.41) is 0. The van der Waals surface area contributed by atoms with E-state index in [1.54, 1.807) is 0 Å². The lowest BCUT2D eigenvalue weighted by atomic mass is 10.1. The molecule has 0 unspecified atom stereocenters. The molecule has 0 spiro atoms. The molecule has 0 aromatic heterocycles. The van der Waals surface area contributed by atoms with E-state index in [-0.39, 0.29) is 23.3 Å². The Morgan fingerprint density at radius 2 is 1.12 bits per heavy atom. The van der Waals surface area contributed by atoms with E-state index in [0.29, 0.717) is 0 Å². The van der Waals surface area contributed by atoms with Crippen molar-refractivity contribution in [3.05, 3.63) is 0 Å². The van der Waals surface area contributed by atoms with Gasteiger partial charge in [0.25, 0.3) is 0 Å². The summed E-state index contributed by atoms with van der Waals surface area (Å²) in [6.07, 6.45) is 15.4.